The van der Waals surface area contributed by atoms with Gasteiger partial charge in [0.05, 0.1) is 6.10 Å². The van der Waals surface area contributed by atoms with Crippen LogP contribution in [-0.2, 0) is 17.8 Å². The SMILES string of the molecule is CC(=O)NCCn1ccc2c1CCCC2O. The molecule has 1 heterocycles. The van der Waals surface area contributed by atoms with E-state index in [-0.39, 0.29) is 12.0 Å². The van der Waals surface area contributed by atoms with Gasteiger partial charge in [-0.1, -0.05) is 0 Å². The van der Waals surface area contributed by atoms with Gasteiger partial charge in [-0.2, -0.15) is 0 Å². The molecule has 1 aliphatic rings. The van der Waals surface area contributed by atoms with Gasteiger partial charge in [-0.05, 0) is 25.3 Å². The molecule has 1 atom stereocenters. The normalized spacial score (nSPS) is 19.2. The van der Waals surface area contributed by atoms with Crippen LogP contribution in [0.2, 0.25) is 0 Å². The van der Waals surface area contributed by atoms with Gasteiger partial charge in [-0.15, -0.1) is 0 Å². The van der Waals surface area contributed by atoms with Gasteiger partial charge in [0.15, 0.2) is 0 Å². The molecule has 16 heavy (non-hydrogen) atoms. The highest BCUT2D eigenvalue weighted by Gasteiger charge is 2.20. The van der Waals surface area contributed by atoms with Crippen molar-refractivity contribution in [3.8, 4) is 0 Å². The molecule has 1 unspecified atom stereocenters. The van der Waals surface area contributed by atoms with Crippen molar-refractivity contribution in [1.82, 2.24) is 9.88 Å². The molecule has 0 spiro atoms. The van der Waals surface area contributed by atoms with E-state index < -0.39 is 0 Å². The fourth-order valence-corrected chi connectivity index (χ4v) is 2.29. The van der Waals surface area contributed by atoms with Gasteiger partial charge in [0.25, 0.3) is 0 Å². The zero-order chi connectivity index (χ0) is 11.5. The van der Waals surface area contributed by atoms with E-state index in [1.54, 1.807) is 0 Å². The van der Waals surface area contributed by atoms with Crippen LogP contribution in [0.5, 0.6) is 0 Å². The molecule has 0 aliphatic heterocycles. The third-order valence-corrected chi connectivity index (χ3v) is 3.09. The number of fused-ring (bicyclic) bond motifs is 1. The number of aliphatic hydroxyl groups is 1. The summed E-state index contributed by atoms with van der Waals surface area (Å²) in [5, 5.41) is 12.6. The summed E-state index contributed by atoms with van der Waals surface area (Å²) in [5.41, 5.74) is 2.29. The summed E-state index contributed by atoms with van der Waals surface area (Å²) in [6.45, 7) is 2.95. The van der Waals surface area contributed by atoms with Gasteiger partial charge in [-0.25, -0.2) is 0 Å². The summed E-state index contributed by atoms with van der Waals surface area (Å²) in [6.07, 6.45) is 4.63. The molecule has 1 aromatic rings. The van der Waals surface area contributed by atoms with Crippen molar-refractivity contribution < 1.29 is 9.90 Å². The summed E-state index contributed by atoms with van der Waals surface area (Å²) in [5.74, 6) is 0.000980. The Kier molecular flexibility index (Phi) is 3.29. The maximum Gasteiger partial charge on any atom is 0.216 e. The Labute approximate surface area is 95.3 Å². The molecule has 4 nitrogen and oxygen atoms in total. The number of nitrogens with one attached hydrogen (secondary N) is 1. The summed E-state index contributed by atoms with van der Waals surface area (Å²) in [6, 6.07) is 1.99. The maximum absolute atomic E-state index is 10.8. The monoisotopic (exact) mass is 222 g/mol. The average Bonchev–Trinajstić information content (AvgIpc) is 2.63. The number of aromatic nitrogens is 1. The fraction of sp³-hybridized carbons (Fsp3) is 0.583. The molecule has 0 aromatic carbocycles. The van der Waals surface area contributed by atoms with Crippen LogP contribution in [0.15, 0.2) is 12.3 Å². The van der Waals surface area contributed by atoms with Crippen LogP contribution in [0.1, 0.15) is 37.1 Å². The number of nitrogens with zero attached hydrogens (tertiary/aromatic N) is 1. The number of hydrogen-bond donors (Lipinski definition) is 2. The molecule has 0 saturated carbocycles. The highest BCUT2D eigenvalue weighted by molar-refractivity contribution is 5.72. The van der Waals surface area contributed by atoms with Crippen LogP contribution >= 0.6 is 0 Å². The van der Waals surface area contributed by atoms with Crippen LogP contribution < -0.4 is 5.32 Å². The Morgan fingerprint density at radius 1 is 1.69 bits per heavy atom. The molecule has 0 bridgehead atoms. The second kappa shape index (κ2) is 4.70. The van der Waals surface area contributed by atoms with Crippen molar-refractivity contribution in [3.63, 3.8) is 0 Å². The van der Waals surface area contributed by atoms with Crippen LogP contribution in [0.4, 0.5) is 0 Å². The lowest BCUT2D eigenvalue weighted by Gasteiger charge is -2.20. The van der Waals surface area contributed by atoms with Gasteiger partial charge in [0.1, 0.15) is 0 Å². The fourth-order valence-electron chi connectivity index (χ4n) is 2.29. The molecule has 0 fully saturated rings. The van der Waals surface area contributed by atoms with Crippen LogP contribution in [0, 0.1) is 0 Å². The standard InChI is InChI=1S/C12H18N2O2/c1-9(15)13-6-8-14-7-5-10-11(14)3-2-4-12(10)16/h5,7,12,16H,2-4,6,8H2,1H3,(H,13,15). The highest BCUT2D eigenvalue weighted by atomic mass is 16.3. The lowest BCUT2D eigenvalue weighted by Crippen LogP contribution is -2.25. The van der Waals surface area contributed by atoms with E-state index in [0.29, 0.717) is 6.54 Å². The first kappa shape index (κ1) is 11.2. The van der Waals surface area contributed by atoms with Gasteiger partial charge < -0.3 is 15.0 Å². The minimum atomic E-state index is -0.300. The first-order valence-corrected chi connectivity index (χ1v) is 5.79. The largest absolute Gasteiger partial charge is 0.388 e. The van der Waals surface area contributed by atoms with Gasteiger partial charge >= 0.3 is 0 Å². The zero-order valence-electron chi connectivity index (χ0n) is 9.57. The van der Waals surface area contributed by atoms with Crippen molar-refractivity contribution in [2.24, 2.45) is 0 Å². The van der Waals surface area contributed by atoms with Crippen molar-refractivity contribution in [2.45, 2.75) is 38.8 Å². The molecule has 1 amide bonds. The first-order valence-electron chi connectivity index (χ1n) is 5.79. The Morgan fingerprint density at radius 3 is 3.25 bits per heavy atom. The van der Waals surface area contributed by atoms with Crippen molar-refractivity contribution in [2.75, 3.05) is 6.54 Å². The van der Waals surface area contributed by atoms with Crippen molar-refractivity contribution in [1.29, 1.82) is 0 Å². The molecule has 2 rings (SSSR count). The predicted octanol–water partition coefficient (Wildman–Crippen LogP) is 0.994. The van der Waals surface area contributed by atoms with Gasteiger partial charge in [0.2, 0.25) is 5.91 Å². The van der Waals surface area contributed by atoms with Crippen LogP contribution in [0.3, 0.4) is 0 Å². The predicted molar refractivity (Wildman–Crippen MR) is 61.0 cm³/mol. The van der Waals surface area contributed by atoms with E-state index in [4.69, 9.17) is 0 Å². The molecule has 88 valence electrons. The smallest absolute Gasteiger partial charge is 0.216 e. The average molecular weight is 222 g/mol. The number of amides is 1. The lowest BCUT2D eigenvalue weighted by molar-refractivity contribution is -0.118. The summed E-state index contributed by atoms with van der Waals surface area (Å²) in [4.78, 5) is 10.8. The van der Waals surface area contributed by atoms with Crippen molar-refractivity contribution in [3.05, 3.63) is 23.5 Å². The maximum atomic E-state index is 10.8. The van der Waals surface area contributed by atoms with Gasteiger partial charge in [-0.3, -0.25) is 4.79 Å². The Balaban J connectivity index is 2.02. The molecule has 0 radical (unpaired) electrons. The lowest BCUT2D eigenvalue weighted by atomic mass is 9.95. The quantitative estimate of drug-likeness (QED) is 0.801. The molecule has 4 heteroatoms. The van der Waals surface area contributed by atoms with Gasteiger partial charge in [0, 0.05) is 37.5 Å². The number of carbonyl (C=O) groups is 1. The summed E-state index contributed by atoms with van der Waals surface area (Å²) >= 11 is 0. The molecule has 0 saturated heterocycles. The summed E-state index contributed by atoms with van der Waals surface area (Å²) < 4.78 is 2.13. The van der Waals surface area contributed by atoms with Crippen LogP contribution in [0.25, 0.3) is 0 Å². The Morgan fingerprint density at radius 2 is 2.50 bits per heavy atom. The third kappa shape index (κ3) is 2.27. The van der Waals surface area contributed by atoms with Crippen molar-refractivity contribution >= 4 is 5.91 Å². The second-order valence-corrected chi connectivity index (χ2v) is 4.30. The topological polar surface area (TPSA) is 54.3 Å². The van der Waals surface area contributed by atoms with E-state index in [2.05, 4.69) is 9.88 Å². The number of aliphatic hydroxyl groups excluding tert-OH is 1. The molecule has 1 aliphatic carbocycles. The Hall–Kier alpha value is -1.29. The Bertz CT molecular complexity index is 384. The minimum absolute atomic E-state index is 0.000980. The third-order valence-electron chi connectivity index (χ3n) is 3.09. The number of hydrogen-bond acceptors (Lipinski definition) is 2. The van der Waals surface area contributed by atoms with E-state index in [1.807, 2.05) is 12.3 Å². The molecule has 1 aromatic heterocycles. The number of rotatable bonds is 3. The van der Waals surface area contributed by atoms with E-state index in [9.17, 15) is 9.90 Å². The summed E-state index contributed by atoms with van der Waals surface area (Å²) in [7, 11) is 0. The first-order chi connectivity index (χ1) is 7.68. The minimum Gasteiger partial charge on any atom is -0.388 e. The number of carbonyl (C=O) groups excluding carboxylic acids is 1. The second-order valence-electron chi connectivity index (χ2n) is 4.30. The molecule has 2 N–H and O–H groups in total. The zero-order valence-corrected chi connectivity index (χ0v) is 9.57. The highest BCUT2D eigenvalue weighted by Crippen LogP contribution is 2.30. The molecular weight excluding hydrogens is 204 g/mol. The van der Waals surface area contributed by atoms with E-state index in [1.165, 1.54) is 12.6 Å². The van der Waals surface area contributed by atoms with Crippen LogP contribution in [-0.4, -0.2) is 22.1 Å². The molecular formula is C12H18N2O2. The van der Waals surface area contributed by atoms with E-state index >= 15 is 0 Å². The van der Waals surface area contributed by atoms with E-state index in [0.717, 1.165) is 31.4 Å².